The van der Waals surface area contributed by atoms with Gasteiger partial charge in [-0.1, -0.05) is 23.2 Å². The molecule has 2 fully saturated rings. The first-order valence-electron chi connectivity index (χ1n) is 11.6. The van der Waals surface area contributed by atoms with Crippen molar-refractivity contribution in [2.45, 2.75) is 0 Å². The van der Waals surface area contributed by atoms with Gasteiger partial charge in [-0.2, -0.15) is 0 Å². The molecule has 3 aromatic rings. The number of halogens is 2. The van der Waals surface area contributed by atoms with Gasteiger partial charge in [-0.25, -0.2) is 4.90 Å². The van der Waals surface area contributed by atoms with E-state index in [1.54, 1.807) is 18.2 Å². The third-order valence-electron chi connectivity index (χ3n) is 6.85. The predicted molar refractivity (Wildman–Crippen MR) is 138 cm³/mol. The van der Waals surface area contributed by atoms with Gasteiger partial charge >= 0.3 is 0 Å². The topological polar surface area (TPSA) is 62.3 Å². The summed E-state index contributed by atoms with van der Waals surface area (Å²) in [5, 5.41) is 2.27. The zero-order valence-electron chi connectivity index (χ0n) is 18.9. The van der Waals surface area contributed by atoms with Crippen LogP contribution in [0.4, 0.5) is 17.1 Å². The van der Waals surface area contributed by atoms with E-state index >= 15 is 0 Å². The summed E-state index contributed by atoms with van der Waals surface area (Å²) in [5.41, 5.74) is 3.40. The van der Waals surface area contributed by atoms with E-state index in [9.17, 15) is 9.59 Å². The van der Waals surface area contributed by atoms with Crippen molar-refractivity contribution in [1.82, 2.24) is 0 Å². The summed E-state index contributed by atoms with van der Waals surface area (Å²) in [5.74, 6) is -0.753. The Balaban J connectivity index is 1.56. The monoisotopic (exact) mass is 511 g/mol. The molecule has 0 unspecified atom stereocenters. The van der Waals surface area contributed by atoms with Crippen LogP contribution < -0.4 is 14.7 Å². The molecule has 180 valence electrons. The van der Waals surface area contributed by atoms with Gasteiger partial charge in [0, 0.05) is 59.5 Å². The minimum Gasteiger partial charge on any atom is -0.378 e. The van der Waals surface area contributed by atoms with Crippen molar-refractivity contribution in [1.29, 1.82) is 0 Å². The summed E-state index contributed by atoms with van der Waals surface area (Å²) < 4.78 is 11.1. The molecule has 0 saturated carbocycles. The average molecular weight is 512 g/mol. The summed E-state index contributed by atoms with van der Waals surface area (Å²) in [6.45, 7) is 5.54. The van der Waals surface area contributed by atoms with Crippen molar-refractivity contribution >= 4 is 62.9 Å². The fourth-order valence-electron chi connectivity index (χ4n) is 5.14. The lowest BCUT2D eigenvalue weighted by molar-refractivity contribution is 0.0893. The van der Waals surface area contributed by atoms with Crippen molar-refractivity contribution in [3.8, 4) is 0 Å². The van der Waals surface area contributed by atoms with Crippen LogP contribution in [0.15, 0.2) is 42.5 Å². The number of nitrogens with zero attached hydrogens (tertiary/aromatic N) is 3. The second kappa shape index (κ2) is 8.99. The van der Waals surface area contributed by atoms with Crippen LogP contribution in [0.3, 0.4) is 0 Å². The fourth-order valence-corrected chi connectivity index (χ4v) is 5.44. The quantitative estimate of drug-likeness (QED) is 0.478. The molecule has 0 bridgehead atoms. The Bertz CT molecular complexity index is 1280. The van der Waals surface area contributed by atoms with Crippen LogP contribution in [-0.4, -0.2) is 64.4 Å². The lowest BCUT2D eigenvalue weighted by atomic mass is 9.90. The van der Waals surface area contributed by atoms with Crippen LogP contribution in [0.1, 0.15) is 20.7 Å². The molecule has 2 amide bonds. The zero-order chi connectivity index (χ0) is 24.1. The first-order valence-corrected chi connectivity index (χ1v) is 12.4. The molecule has 6 rings (SSSR count). The van der Waals surface area contributed by atoms with E-state index in [0.29, 0.717) is 53.7 Å². The highest BCUT2D eigenvalue weighted by atomic mass is 35.5. The normalized spacial score (nSPS) is 18.5. The number of rotatable bonds is 3. The van der Waals surface area contributed by atoms with Crippen LogP contribution in [0.2, 0.25) is 10.0 Å². The van der Waals surface area contributed by atoms with Crippen molar-refractivity contribution in [2.24, 2.45) is 0 Å². The lowest BCUT2D eigenvalue weighted by Crippen LogP contribution is -2.42. The van der Waals surface area contributed by atoms with E-state index in [2.05, 4.69) is 9.80 Å². The van der Waals surface area contributed by atoms with Gasteiger partial charge in [0.2, 0.25) is 0 Å². The molecule has 9 heteroatoms. The van der Waals surface area contributed by atoms with Gasteiger partial charge in [0.15, 0.2) is 0 Å². The number of hydrogen-bond donors (Lipinski definition) is 0. The van der Waals surface area contributed by atoms with Gasteiger partial charge < -0.3 is 19.3 Å². The van der Waals surface area contributed by atoms with Crippen LogP contribution in [-0.2, 0) is 9.47 Å². The minimum atomic E-state index is -0.376. The van der Waals surface area contributed by atoms with Crippen LogP contribution in [0, 0.1) is 0 Å². The predicted octanol–water partition coefficient (Wildman–Crippen LogP) is 4.62. The second-order valence-electron chi connectivity index (χ2n) is 8.76. The van der Waals surface area contributed by atoms with E-state index in [4.69, 9.17) is 32.7 Å². The highest BCUT2D eigenvalue weighted by Gasteiger charge is 2.36. The molecule has 0 atom stereocenters. The molecule has 7 nitrogen and oxygen atoms in total. The molecule has 0 N–H and O–H groups in total. The molecular weight excluding hydrogens is 489 g/mol. The summed E-state index contributed by atoms with van der Waals surface area (Å²) in [7, 11) is 0. The van der Waals surface area contributed by atoms with Gasteiger partial charge in [0.25, 0.3) is 11.8 Å². The third kappa shape index (κ3) is 3.74. The maximum Gasteiger partial charge on any atom is 0.265 e. The van der Waals surface area contributed by atoms with Crippen molar-refractivity contribution in [3.63, 3.8) is 0 Å². The van der Waals surface area contributed by atoms with Crippen LogP contribution in [0.5, 0.6) is 0 Å². The van der Waals surface area contributed by atoms with Gasteiger partial charge in [-0.3, -0.25) is 9.59 Å². The molecule has 0 radical (unpaired) electrons. The molecule has 0 spiro atoms. The molecule has 0 aromatic heterocycles. The average Bonchev–Trinajstić information content (AvgIpc) is 2.90. The van der Waals surface area contributed by atoms with E-state index < -0.39 is 0 Å². The third-order valence-corrected chi connectivity index (χ3v) is 7.59. The number of amides is 2. The van der Waals surface area contributed by atoms with Gasteiger partial charge in [0.05, 0.1) is 42.2 Å². The Hall–Kier alpha value is -2.84. The molecule has 3 aromatic carbocycles. The molecule has 35 heavy (non-hydrogen) atoms. The standard InChI is InChI=1S/C26H23Cl2N3O4/c27-19-4-1-16(15-20(19)28)31-25(32)17-2-5-21(29-7-11-34-12-8-29)24-22(30-9-13-35-14-10-30)6-3-18(23(17)24)26(31)33/h1-6,15H,7-14H2. The van der Waals surface area contributed by atoms with E-state index in [1.807, 2.05) is 24.3 Å². The van der Waals surface area contributed by atoms with E-state index in [1.165, 1.54) is 4.90 Å². The smallest absolute Gasteiger partial charge is 0.265 e. The van der Waals surface area contributed by atoms with Crippen molar-refractivity contribution in [3.05, 3.63) is 63.6 Å². The molecule has 3 aliphatic heterocycles. The van der Waals surface area contributed by atoms with Crippen LogP contribution >= 0.6 is 23.2 Å². The summed E-state index contributed by atoms with van der Waals surface area (Å²) in [4.78, 5) is 33.2. The molecular formula is C26H23Cl2N3O4. The Morgan fingerprint density at radius 1 is 0.629 bits per heavy atom. The van der Waals surface area contributed by atoms with Gasteiger partial charge in [-0.15, -0.1) is 0 Å². The number of carbonyl (C=O) groups excluding carboxylic acids is 2. The van der Waals surface area contributed by atoms with Gasteiger partial charge in [-0.05, 0) is 42.5 Å². The number of ether oxygens (including phenoxy) is 2. The van der Waals surface area contributed by atoms with Crippen molar-refractivity contribution < 1.29 is 19.1 Å². The second-order valence-corrected chi connectivity index (χ2v) is 9.57. The van der Waals surface area contributed by atoms with Gasteiger partial charge in [0.1, 0.15) is 0 Å². The van der Waals surface area contributed by atoms with E-state index in [0.717, 1.165) is 42.9 Å². The Labute approximate surface area is 212 Å². The number of benzene rings is 3. The first-order chi connectivity index (χ1) is 17.0. The van der Waals surface area contributed by atoms with Crippen LogP contribution in [0.25, 0.3) is 10.8 Å². The highest BCUT2D eigenvalue weighted by molar-refractivity contribution is 6.43. The molecule has 0 aliphatic carbocycles. The molecule has 2 saturated heterocycles. The number of carbonyl (C=O) groups is 2. The Morgan fingerprint density at radius 2 is 1.14 bits per heavy atom. The largest absolute Gasteiger partial charge is 0.378 e. The first kappa shape index (κ1) is 22.6. The van der Waals surface area contributed by atoms with E-state index in [-0.39, 0.29) is 16.8 Å². The zero-order valence-corrected chi connectivity index (χ0v) is 20.4. The maximum absolute atomic E-state index is 13.7. The summed E-state index contributed by atoms with van der Waals surface area (Å²) >= 11 is 12.3. The summed E-state index contributed by atoms with van der Waals surface area (Å²) in [6.07, 6.45) is 0. The number of morpholine rings is 2. The Morgan fingerprint density at radius 3 is 1.63 bits per heavy atom. The number of imide groups is 1. The lowest BCUT2D eigenvalue weighted by Gasteiger charge is -2.36. The molecule has 3 heterocycles. The molecule has 3 aliphatic rings. The summed E-state index contributed by atoms with van der Waals surface area (Å²) in [6, 6.07) is 12.4. The number of anilines is 3. The fraction of sp³-hybridized carbons (Fsp3) is 0.308. The van der Waals surface area contributed by atoms with Crippen molar-refractivity contribution in [2.75, 3.05) is 67.3 Å². The Kier molecular flexibility index (Phi) is 5.81. The number of hydrogen-bond acceptors (Lipinski definition) is 6. The maximum atomic E-state index is 13.7. The SMILES string of the molecule is O=C1c2ccc(N3CCOCC3)c3c(N4CCOCC4)ccc(c23)C(=O)N1c1ccc(Cl)c(Cl)c1. The minimum absolute atomic E-state index is 0.283. The highest BCUT2D eigenvalue weighted by Crippen LogP contribution is 2.43.